The number of sulfonamides is 1. The van der Waals surface area contributed by atoms with Crippen LogP contribution in [0.15, 0.2) is 18.5 Å². The number of rotatable bonds is 3. The summed E-state index contributed by atoms with van der Waals surface area (Å²) in [5.74, 6) is 0. The highest BCUT2D eigenvalue weighted by Crippen LogP contribution is 2.36. The van der Waals surface area contributed by atoms with E-state index in [9.17, 15) is 8.42 Å². The fourth-order valence-electron chi connectivity index (χ4n) is 2.75. The first kappa shape index (κ1) is 13.7. The van der Waals surface area contributed by atoms with Crippen LogP contribution >= 0.6 is 0 Å². The summed E-state index contributed by atoms with van der Waals surface area (Å²) in [4.78, 5) is 8.03. The van der Waals surface area contributed by atoms with Crippen molar-refractivity contribution in [1.29, 1.82) is 0 Å². The zero-order chi connectivity index (χ0) is 14.2. The second kappa shape index (κ2) is 4.94. The molecule has 0 aliphatic carbocycles. The molecule has 1 aromatic rings. The standard InChI is InChI=1S/C12H17N3O4S/c1-20(16,17)15-6-3-12(9-15)7-10(8-18-12)19-11-13-4-2-5-14-11/h2,4-5,10H,3,6-9H2,1H3/t10-,12-/m1/s1. The Kier molecular flexibility index (Phi) is 3.39. The van der Waals surface area contributed by atoms with Gasteiger partial charge in [0.15, 0.2) is 0 Å². The molecule has 3 rings (SSSR count). The Labute approximate surface area is 118 Å². The van der Waals surface area contributed by atoms with Crippen LogP contribution in [0.1, 0.15) is 12.8 Å². The summed E-state index contributed by atoms with van der Waals surface area (Å²) in [6.07, 6.45) is 5.71. The van der Waals surface area contributed by atoms with E-state index in [0.717, 1.165) is 0 Å². The fraction of sp³-hybridized carbons (Fsp3) is 0.667. The predicted molar refractivity (Wildman–Crippen MR) is 70.8 cm³/mol. The lowest BCUT2D eigenvalue weighted by Crippen LogP contribution is -2.35. The highest BCUT2D eigenvalue weighted by atomic mass is 32.2. The van der Waals surface area contributed by atoms with Crippen molar-refractivity contribution < 1.29 is 17.9 Å². The molecule has 2 aliphatic heterocycles. The lowest BCUT2D eigenvalue weighted by Gasteiger charge is -2.22. The van der Waals surface area contributed by atoms with Crippen molar-refractivity contribution >= 4 is 10.0 Å². The van der Waals surface area contributed by atoms with E-state index >= 15 is 0 Å². The van der Waals surface area contributed by atoms with Crippen LogP contribution in [0.25, 0.3) is 0 Å². The molecule has 3 heterocycles. The lowest BCUT2D eigenvalue weighted by molar-refractivity contribution is 0.0141. The summed E-state index contributed by atoms with van der Waals surface area (Å²) in [5, 5.41) is 0. The van der Waals surface area contributed by atoms with Crippen LogP contribution in [0.2, 0.25) is 0 Å². The molecule has 20 heavy (non-hydrogen) atoms. The Hall–Kier alpha value is -1.25. The number of ether oxygens (including phenoxy) is 2. The highest BCUT2D eigenvalue weighted by Gasteiger charge is 2.48. The van der Waals surface area contributed by atoms with Crippen LogP contribution in [0.4, 0.5) is 0 Å². The maximum Gasteiger partial charge on any atom is 0.316 e. The van der Waals surface area contributed by atoms with Gasteiger partial charge in [0.2, 0.25) is 10.0 Å². The Morgan fingerprint density at radius 3 is 2.85 bits per heavy atom. The molecule has 110 valence electrons. The van der Waals surface area contributed by atoms with Gasteiger partial charge in [0, 0.05) is 31.9 Å². The van der Waals surface area contributed by atoms with Gasteiger partial charge in [0.25, 0.3) is 0 Å². The van der Waals surface area contributed by atoms with Crippen molar-refractivity contribution in [3.05, 3.63) is 18.5 Å². The van der Waals surface area contributed by atoms with Crippen molar-refractivity contribution in [2.75, 3.05) is 26.0 Å². The van der Waals surface area contributed by atoms with E-state index in [1.54, 1.807) is 18.5 Å². The third-order valence-electron chi connectivity index (χ3n) is 3.74. The number of hydrogen-bond acceptors (Lipinski definition) is 6. The minimum absolute atomic E-state index is 0.128. The second-order valence-electron chi connectivity index (χ2n) is 5.32. The Balaban J connectivity index is 1.63. The molecular formula is C12H17N3O4S. The lowest BCUT2D eigenvalue weighted by atomic mass is 9.98. The van der Waals surface area contributed by atoms with Gasteiger partial charge in [-0.1, -0.05) is 0 Å². The first-order chi connectivity index (χ1) is 9.47. The summed E-state index contributed by atoms with van der Waals surface area (Å²) in [5.41, 5.74) is -0.414. The molecule has 7 nitrogen and oxygen atoms in total. The van der Waals surface area contributed by atoms with Crippen LogP contribution in [0, 0.1) is 0 Å². The van der Waals surface area contributed by atoms with Crippen LogP contribution < -0.4 is 4.74 Å². The van der Waals surface area contributed by atoms with Gasteiger partial charge in [-0.2, -0.15) is 4.31 Å². The zero-order valence-electron chi connectivity index (χ0n) is 11.2. The first-order valence-corrected chi connectivity index (χ1v) is 8.34. The molecule has 1 aromatic heterocycles. The van der Waals surface area contributed by atoms with Crippen molar-refractivity contribution in [1.82, 2.24) is 14.3 Å². The molecule has 2 aliphatic rings. The molecular weight excluding hydrogens is 282 g/mol. The van der Waals surface area contributed by atoms with E-state index in [-0.39, 0.29) is 6.10 Å². The minimum Gasteiger partial charge on any atom is -0.458 e. The van der Waals surface area contributed by atoms with E-state index in [0.29, 0.717) is 38.5 Å². The van der Waals surface area contributed by atoms with Crippen molar-refractivity contribution in [3.8, 4) is 6.01 Å². The molecule has 8 heteroatoms. The Morgan fingerprint density at radius 2 is 2.20 bits per heavy atom. The maximum absolute atomic E-state index is 11.6. The summed E-state index contributed by atoms with van der Waals surface area (Å²) in [6, 6.07) is 2.05. The third-order valence-corrected chi connectivity index (χ3v) is 4.99. The quantitative estimate of drug-likeness (QED) is 0.784. The minimum atomic E-state index is -3.15. The van der Waals surface area contributed by atoms with Gasteiger partial charge in [0.05, 0.1) is 18.5 Å². The highest BCUT2D eigenvalue weighted by molar-refractivity contribution is 7.88. The molecule has 2 fully saturated rings. The van der Waals surface area contributed by atoms with Crippen molar-refractivity contribution in [2.24, 2.45) is 0 Å². The van der Waals surface area contributed by atoms with E-state index in [4.69, 9.17) is 9.47 Å². The summed E-state index contributed by atoms with van der Waals surface area (Å²) in [7, 11) is -3.15. The average Bonchev–Trinajstić information content (AvgIpc) is 2.99. The van der Waals surface area contributed by atoms with Gasteiger partial charge in [-0.25, -0.2) is 18.4 Å². The molecule has 2 saturated heterocycles. The Morgan fingerprint density at radius 1 is 1.45 bits per heavy atom. The summed E-state index contributed by atoms with van der Waals surface area (Å²) < 4.78 is 36.1. The second-order valence-corrected chi connectivity index (χ2v) is 7.30. The Bertz CT molecular complexity index is 580. The van der Waals surface area contributed by atoms with E-state index < -0.39 is 15.6 Å². The molecule has 1 spiro atoms. The third kappa shape index (κ3) is 2.77. The molecule has 2 atom stereocenters. The monoisotopic (exact) mass is 299 g/mol. The van der Waals surface area contributed by atoms with Gasteiger partial charge in [-0.15, -0.1) is 0 Å². The van der Waals surface area contributed by atoms with E-state index in [1.165, 1.54) is 10.6 Å². The van der Waals surface area contributed by atoms with Gasteiger partial charge in [-0.05, 0) is 12.5 Å². The van der Waals surface area contributed by atoms with Crippen LogP contribution in [0.3, 0.4) is 0 Å². The SMILES string of the molecule is CS(=O)(=O)N1CC[C@@]2(C[C@@H](Oc3ncccn3)CO2)C1. The number of nitrogens with zero attached hydrogens (tertiary/aromatic N) is 3. The molecule has 0 amide bonds. The van der Waals surface area contributed by atoms with Crippen molar-refractivity contribution in [2.45, 2.75) is 24.5 Å². The smallest absolute Gasteiger partial charge is 0.316 e. The molecule has 0 saturated carbocycles. The summed E-state index contributed by atoms with van der Waals surface area (Å²) in [6.45, 7) is 1.35. The van der Waals surface area contributed by atoms with E-state index in [2.05, 4.69) is 9.97 Å². The number of hydrogen-bond donors (Lipinski definition) is 0. The average molecular weight is 299 g/mol. The van der Waals surface area contributed by atoms with Gasteiger partial charge >= 0.3 is 6.01 Å². The van der Waals surface area contributed by atoms with Crippen molar-refractivity contribution in [3.63, 3.8) is 0 Å². The van der Waals surface area contributed by atoms with Gasteiger partial charge in [-0.3, -0.25) is 0 Å². The van der Waals surface area contributed by atoms with Gasteiger partial charge < -0.3 is 9.47 Å². The first-order valence-electron chi connectivity index (χ1n) is 6.50. The zero-order valence-corrected chi connectivity index (χ0v) is 12.0. The number of aromatic nitrogens is 2. The van der Waals surface area contributed by atoms with Gasteiger partial charge in [0.1, 0.15) is 6.10 Å². The molecule has 0 bridgehead atoms. The predicted octanol–water partition coefficient (Wildman–Crippen LogP) is 0.0484. The summed E-state index contributed by atoms with van der Waals surface area (Å²) >= 11 is 0. The normalized spacial score (nSPS) is 30.9. The molecule has 0 N–H and O–H groups in total. The topological polar surface area (TPSA) is 81.6 Å². The van der Waals surface area contributed by atoms with Crippen LogP contribution in [-0.4, -0.2) is 60.3 Å². The molecule has 0 radical (unpaired) electrons. The maximum atomic E-state index is 11.6. The molecule has 0 unspecified atom stereocenters. The molecule has 0 aromatic carbocycles. The van der Waals surface area contributed by atoms with Crippen LogP contribution in [0.5, 0.6) is 6.01 Å². The fourth-order valence-corrected chi connectivity index (χ4v) is 3.64. The van der Waals surface area contributed by atoms with E-state index in [1.807, 2.05) is 0 Å². The largest absolute Gasteiger partial charge is 0.458 e. The van der Waals surface area contributed by atoms with Crippen LogP contribution in [-0.2, 0) is 14.8 Å².